The van der Waals surface area contributed by atoms with E-state index in [1.165, 1.54) is 0 Å². The van der Waals surface area contributed by atoms with Crippen molar-refractivity contribution in [3.63, 3.8) is 0 Å². The number of halogens is 3. The van der Waals surface area contributed by atoms with E-state index in [-0.39, 0.29) is 0 Å². The maximum atomic E-state index is 12.1. The van der Waals surface area contributed by atoms with Crippen LogP contribution in [0.5, 0.6) is 0 Å². The lowest BCUT2D eigenvalue weighted by Gasteiger charge is -2.21. The van der Waals surface area contributed by atoms with E-state index in [0.29, 0.717) is 18.5 Å². The highest BCUT2D eigenvalue weighted by Crippen LogP contribution is 2.61. The molecule has 0 aliphatic heterocycles. The normalized spacial score (nSPS) is 14.3. The summed E-state index contributed by atoms with van der Waals surface area (Å²) in [4.78, 5) is 0. The maximum absolute atomic E-state index is 12.1. The second-order valence-corrected chi connectivity index (χ2v) is 8.96. The Morgan fingerprint density at radius 2 is 1.40 bits per heavy atom. The molecular formula is C7H15F3O3PS+. The number of hydrogen-bond donors (Lipinski definition) is 0. The van der Waals surface area contributed by atoms with Gasteiger partial charge in [0, 0.05) is 0 Å². The molecule has 0 fully saturated rings. The van der Waals surface area contributed by atoms with Gasteiger partial charge in [0.15, 0.2) is 7.49 Å². The summed E-state index contributed by atoms with van der Waals surface area (Å²) < 4.78 is 62.3. The predicted molar refractivity (Wildman–Crippen MR) is 54.6 cm³/mol. The number of rotatable bonds is 5. The van der Waals surface area contributed by atoms with Crippen molar-refractivity contribution >= 4 is 17.6 Å². The molecule has 0 aromatic heterocycles. The van der Waals surface area contributed by atoms with Crippen LogP contribution in [-0.4, -0.2) is 32.4 Å². The molecule has 0 N–H and O–H groups in total. The lowest BCUT2D eigenvalue weighted by Crippen LogP contribution is -2.27. The highest BCUT2D eigenvalue weighted by Gasteiger charge is 2.54. The fraction of sp³-hybridized carbons (Fsp3) is 1.00. The van der Waals surface area contributed by atoms with Gasteiger partial charge in [-0.15, -0.1) is 3.97 Å². The molecule has 0 atom stereocenters. The smallest absolute Gasteiger partial charge is 0.186 e. The summed E-state index contributed by atoms with van der Waals surface area (Å²) >= 11 is 0. The first-order valence-electron chi connectivity index (χ1n) is 4.52. The Bertz CT molecular complexity index is 287. The van der Waals surface area contributed by atoms with Crippen LogP contribution in [0.25, 0.3) is 0 Å². The molecule has 0 aromatic carbocycles. The second kappa shape index (κ2) is 4.97. The topological polar surface area (TPSA) is 43.4 Å². The van der Waals surface area contributed by atoms with E-state index < -0.39 is 23.1 Å². The van der Waals surface area contributed by atoms with Gasteiger partial charge >= 0.3 is 15.6 Å². The average molecular weight is 267 g/mol. The van der Waals surface area contributed by atoms with Crippen molar-refractivity contribution in [2.75, 3.05) is 18.5 Å². The van der Waals surface area contributed by atoms with Gasteiger partial charge < -0.3 is 0 Å². The molecule has 0 saturated carbocycles. The molecule has 0 unspecified atom stereocenters. The molecule has 0 saturated heterocycles. The van der Waals surface area contributed by atoms with Gasteiger partial charge in [0.1, 0.15) is 0 Å². The molecule has 15 heavy (non-hydrogen) atoms. The Hall–Kier alpha value is 0.130. The van der Waals surface area contributed by atoms with Crippen LogP contribution in [0.1, 0.15) is 20.8 Å². The summed E-state index contributed by atoms with van der Waals surface area (Å²) in [6, 6.07) is 0. The van der Waals surface area contributed by atoms with E-state index in [1.54, 1.807) is 20.8 Å². The molecule has 92 valence electrons. The minimum Gasteiger partial charge on any atom is -0.186 e. The molecule has 0 rings (SSSR count). The van der Waals surface area contributed by atoms with Gasteiger partial charge in [0.05, 0.1) is 18.5 Å². The van der Waals surface area contributed by atoms with Crippen molar-refractivity contribution < 1.29 is 25.6 Å². The minimum absolute atomic E-state index is 0.329. The lowest BCUT2D eigenvalue weighted by molar-refractivity contribution is -0.0498. The van der Waals surface area contributed by atoms with Crippen molar-refractivity contribution in [3.05, 3.63) is 0 Å². The summed E-state index contributed by atoms with van der Waals surface area (Å²) in [7, 11) is -7.91. The molecule has 0 aliphatic rings. The number of alkyl halides is 3. The van der Waals surface area contributed by atoms with Crippen LogP contribution in [0.3, 0.4) is 0 Å². The van der Waals surface area contributed by atoms with Crippen LogP contribution in [0.2, 0.25) is 0 Å². The first kappa shape index (κ1) is 15.1. The van der Waals surface area contributed by atoms with Crippen molar-refractivity contribution in [3.8, 4) is 0 Å². The van der Waals surface area contributed by atoms with E-state index in [1.807, 2.05) is 0 Å². The molecule has 0 spiro atoms. The fourth-order valence-electron chi connectivity index (χ4n) is 1.08. The minimum atomic E-state index is -5.44. The molecular weight excluding hydrogens is 252 g/mol. The van der Waals surface area contributed by atoms with Gasteiger partial charge in [-0.1, -0.05) is 0 Å². The second-order valence-electron chi connectivity index (χ2n) is 2.98. The molecule has 0 heterocycles. The van der Waals surface area contributed by atoms with Crippen LogP contribution < -0.4 is 0 Å². The highest BCUT2D eigenvalue weighted by molar-refractivity contribution is 7.94. The van der Waals surface area contributed by atoms with Gasteiger partial charge in [0.2, 0.25) is 0 Å². The monoisotopic (exact) mass is 267 g/mol. The third-order valence-corrected chi connectivity index (χ3v) is 8.34. The predicted octanol–water partition coefficient (Wildman–Crippen LogP) is 2.84. The Kier molecular flexibility index (Phi) is 5.02. The zero-order valence-corrected chi connectivity index (χ0v) is 10.5. The van der Waals surface area contributed by atoms with Crippen LogP contribution in [0.4, 0.5) is 13.2 Å². The zero-order valence-electron chi connectivity index (χ0n) is 8.84. The van der Waals surface area contributed by atoms with E-state index in [0.717, 1.165) is 0 Å². The van der Waals surface area contributed by atoms with E-state index in [2.05, 4.69) is 3.97 Å². The van der Waals surface area contributed by atoms with Crippen molar-refractivity contribution in [2.24, 2.45) is 0 Å². The van der Waals surface area contributed by atoms with E-state index in [9.17, 15) is 21.6 Å². The zero-order chi connectivity index (χ0) is 12.3. The van der Waals surface area contributed by atoms with Crippen LogP contribution >= 0.6 is 7.49 Å². The summed E-state index contributed by atoms with van der Waals surface area (Å²) in [5.74, 6) is 0. The fourth-order valence-corrected chi connectivity index (χ4v) is 5.69. The lowest BCUT2D eigenvalue weighted by atomic mass is 10.9. The average Bonchev–Trinajstić information content (AvgIpc) is 2.12. The first-order valence-corrected chi connectivity index (χ1v) is 8.19. The first-order chi connectivity index (χ1) is 6.64. The summed E-state index contributed by atoms with van der Waals surface area (Å²) in [6.45, 7) is 4.94. The standard InChI is InChI=1S/C7H15F3O3PS/c1-4-14(5-2,6-3)13-15(11,12)7(8,9)10/h4-6H2,1-3H3/q+1. The largest absolute Gasteiger partial charge is 0.526 e. The molecule has 3 nitrogen and oxygen atoms in total. The van der Waals surface area contributed by atoms with Crippen LogP contribution in [0, 0.1) is 0 Å². The SMILES string of the molecule is CC[P+](CC)(CC)OS(=O)(=O)C(F)(F)F. The number of hydrogen-bond acceptors (Lipinski definition) is 3. The van der Waals surface area contributed by atoms with Gasteiger partial charge in [-0.05, 0) is 20.8 Å². The summed E-state index contributed by atoms with van der Waals surface area (Å²) in [5.41, 5.74) is -5.32. The van der Waals surface area contributed by atoms with Crippen LogP contribution in [-0.2, 0) is 14.1 Å². The molecule has 0 aromatic rings. The van der Waals surface area contributed by atoms with Crippen molar-refractivity contribution in [1.82, 2.24) is 0 Å². The maximum Gasteiger partial charge on any atom is 0.526 e. The third-order valence-electron chi connectivity index (χ3n) is 2.27. The summed E-state index contributed by atoms with van der Waals surface area (Å²) in [5, 5.41) is 0. The van der Waals surface area contributed by atoms with Gasteiger partial charge in [-0.25, -0.2) is 0 Å². The Balaban J connectivity index is 5.00. The van der Waals surface area contributed by atoms with Gasteiger partial charge in [-0.3, -0.25) is 0 Å². The van der Waals surface area contributed by atoms with Crippen molar-refractivity contribution in [1.29, 1.82) is 0 Å². The van der Waals surface area contributed by atoms with Crippen molar-refractivity contribution in [2.45, 2.75) is 26.3 Å². The van der Waals surface area contributed by atoms with E-state index in [4.69, 9.17) is 0 Å². The molecule has 0 amide bonds. The molecule has 0 radical (unpaired) electrons. The molecule has 8 heteroatoms. The molecule has 0 aliphatic carbocycles. The van der Waals surface area contributed by atoms with Gasteiger partial charge in [-0.2, -0.15) is 21.6 Å². The quantitative estimate of drug-likeness (QED) is 0.568. The Morgan fingerprint density at radius 1 is 1.07 bits per heavy atom. The summed E-state index contributed by atoms with van der Waals surface area (Å²) in [6.07, 6.45) is 0.986. The molecule has 0 bridgehead atoms. The third kappa shape index (κ3) is 3.57. The Labute approximate surface area is 88.5 Å². The van der Waals surface area contributed by atoms with Crippen LogP contribution in [0.15, 0.2) is 0 Å². The van der Waals surface area contributed by atoms with Gasteiger partial charge in [0.25, 0.3) is 0 Å². The highest BCUT2D eigenvalue weighted by atomic mass is 32.2. The Morgan fingerprint density at radius 3 is 1.60 bits per heavy atom. The van der Waals surface area contributed by atoms with E-state index >= 15 is 0 Å².